The molecule has 1 atom stereocenters. The number of Topliss-reactive ketones (excluding diaryl/α,β-unsaturated/α-hetero) is 1. The smallest absolute Gasteiger partial charge is 0.316 e. The van der Waals surface area contributed by atoms with Crippen molar-refractivity contribution in [2.75, 3.05) is 14.2 Å². The third-order valence-corrected chi connectivity index (χ3v) is 4.75. The molecule has 0 spiro atoms. The van der Waals surface area contributed by atoms with Crippen LogP contribution in [0.1, 0.15) is 40.0 Å². The van der Waals surface area contributed by atoms with Gasteiger partial charge in [-0.05, 0) is 36.1 Å². The molecule has 0 saturated heterocycles. The highest BCUT2D eigenvalue weighted by atomic mass is 16.5. The Morgan fingerprint density at radius 3 is 2.41 bits per heavy atom. The van der Waals surface area contributed by atoms with E-state index in [1.807, 2.05) is 6.92 Å². The van der Waals surface area contributed by atoms with Crippen LogP contribution >= 0.6 is 0 Å². The van der Waals surface area contributed by atoms with Crippen LogP contribution in [0.2, 0.25) is 0 Å². The van der Waals surface area contributed by atoms with Crippen molar-refractivity contribution in [3.05, 3.63) is 35.6 Å². The molecule has 0 aliphatic heterocycles. The van der Waals surface area contributed by atoms with Crippen molar-refractivity contribution in [1.82, 2.24) is 0 Å². The molecule has 0 aromatic heterocycles. The molecule has 1 aliphatic carbocycles. The molecule has 6 heteroatoms. The average Bonchev–Trinajstić information content (AvgIpc) is 2.61. The zero-order chi connectivity index (χ0) is 20.2. The van der Waals surface area contributed by atoms with E-state index in [9.17, 15) is 14.7 Å². The maximum absolute atomic E-state index is 12.8. The van der Waals surface area contributed by atoms with Gasteiger partial charge in [0.1, 0.15) is 17.4 Å². The lowest BCUT2D eigenvalue weighted by Gasteiger charge is -2.36. The Labute approximate surface area is 159 Å². The lowest BCUT2D eigenvalue weighted by atomic mass is 9.67. The fraction of sp³-hybridized carbons (Fsp3) is 0.476. The van der Waals surface area contributed by atoms with Gasteiger partial charge in [0.05, 0.1) is 31.2 Å². The molecule has 0 unspecified atom stereocenters. The van der Waals surface area contributed by atoms with Crippen molar-refractivity contribution in [2.45, 2.75) is 40.0 Å². The number of methoxy groups -OCH3 is 2. The van der Waals surface area contributed by atoms with Gasteiger partial charge in [-0.1, -0.05) is 27.2 Å². The number of carbonyl (C=O) groups excluding carboxylic acids is 2. The first-order chi connectivity index (χ1) is 12.7. The molecule has 1 aliphatic rings. The van der Waals surface area contributed by atoms with Gasteiger partial charge in [0.15, 0.2) is 5.78 Å². The molecule has 27 heavy (non-hydrogen) atoms. The number of hydrogen-bond donors (Lipinski definition) is 1. The predicted octanol–water partition coefficient (Wildman–Crippen LogP) is 4.17. The molecule has 0 radical (unpaired) electrons. The van der Waals surface area contributed by atoms with Crippen LogP contribution in [0.5, 0.6) is 5.75 Å². The molecule has 0 heterocycles. The predicted molar refractivity (Wildman–Crippen MR) is 104 cm³/mol. The molecule has 1 aromatic rings. The van der Waals surface area contributed by atoms with Crippen LogP contribution in [-0.4, -0.2) is 36.8 Å². The van der Waals surface area contributed by atoms with E-state index >= 15 is 0 Å². The van der Waals surface area contributed by atoms with Crippen LogP contribution in [0, 0.1) is 11.3 Å². The largest absolute Gasteiger partial charge is 0.511 e. The van der Waals surface area contributed by atoms with E-state index in [4.69, 9.17) is 9.47 Å². The van der Waals surface area contributed by atoms with Crippen molar-refractivity contribution < 1.29 is 24.2 Å². The highest BCUT2D eigenvalue weighted by Crippen LogP contribution is 2.43. The lowest BCUT2D eigenvalue weighted by molar-refractivity contribution is -0.150. The van der Waals surface area contributed by atoms with Gasteiger partial charge in [-0.3, -0.25) is 14.6 Å². The minimum Gasteiger partial charge on any atom is -0.511 e. The number of rotatable bonds is 6. The zero-order valence-corrected chi connectivity index (χ0v) is 16.5. The Morgan fingerprint density at radius 1 is 1.26 bits per heavy atom. The highest BCUT2D eigenvalue weighted by molar-refractivity contribution is 6.24. The van der Waals surface area contributed by atoms with E-state index in [1.165, 1.54) is 7.11 Å². The summed E-state index contributed by atoms with van der Waals surface area (Å²) in [4.78, 5) is 29.7. The number of esters is 1. The van der Waals surface area contributed by atoms with E-state index in [-0.39, 0.29) is 23.5 Å². The Morgan fingerprint density at radius 2 is 1.89 bits per heavy atom. The van der Waals surface area contributed by atoms with Gasteiger partial charge in [-0.25, -0.2) is 0 Å². The zero-order valence-electron chi connectivity index (χ0n) is 16.5. The van der Waals surface area contributed by atoms with Gasteiger partial charge in [-0.2, -0.15) is 0 Å². The monoisotopic (exact) mass is 373 g/mol. The molecule has 146 valence electrons. The van der Waals surface area contributed by atoms with Gasteiger partial charge in [0, 0.05) is 6.42 Å². The summed E-state index contributed by atoms with van der Waals surface area (Å²) in [5.41, 5.74) is 0.540. The number of ketones is 1. The van der Waals surface area contributed by atoms with Gasteiger partial charge < -0.3 is 14.6 Å². The van der Waals surface area contributed by atoms with E-state index in [0.29, 0.717) is 23.6 Å². The van der Waals surface area contributed by atoms with Gasteiger partial charge >= 0.3 is 5.97 Å². The molecule has 6 nitrogen and oxygen atoms in total. The number of aliphatic hydroxyl groups is 1. The minimum atomic E-state index is -0.895. The van der Waals surface area contributed by atoms with Crippen molar-refractivity contribution in [3.63, 3.8) is 0 Å². The molecule has 0 bridgehead atoms. The standard InChI is InChI=1S/C21H27NO5/c1-6-7-15(22-13-8-10-14(26-4)11-9-13)17-16(23)12-21(2,3)18(19(17)24)20(25)27-5/h8-11,18,24H,6-7,12H2,1-5H3/t18-/m0/s1. The van der Waals surface area contributed by atoms with Crippen molar-refractivity contribution in [1.29, 1.82) is 0 Å². The second-order valence-corrected chi connectivity index (χ2v) is 7.31. The van der Waals surface area contributed by atoms with Crippen LogP contribution < -0.4 is 4.74 Å². The second-order valence-electron chi connectivity index (χ2n) is 7.31. The fourth-order valence-electron chi connectivity index (χ4n) is 3.41. The van der Waals surface area contributed by atoms with Gasteiger partial charge in [0.25, 0.3) is 0 Å². The van der Waals surface area contributed by atoms with Crippen LogP contribution in [0.15, 0.2) is 40.6 Å². The third kappa shape index (κ3) is 4.38. The maximum atomic E-state index is 12.8. The van der Waals surface area contributed by atoms with Crippen molar-refractivity contribution >= 4 is 23.2 Å². The summed E-state index contributed by atoms with van der Waals surface area (Å²) in [6.07, 6.45) is 1.38. The van der Waals surface area contributed by atoms with E-state index in [2.05, 4.69) is 4.99 Å². The minimum absolute atomic E-state index is 0.136. The second kappa shape index (κ2) is 8.37. The van der Waals surface area contributed by atoms with Crippen LogP contribution in [0.3, 0.4) is 0 Å². The summed E-state index contributed by atoms with van der Waals surface area (Å²) < 4.78 is 10.0. The first-order valence-electron chi connectivity index (χ1n) is 9.01. The summed E-state index contributed by atoms with van der Waals surface area (Å²) in [5, 5.41) is 10.9. The van der Waals surface area contributed by atoms with Crippen LogP contribution in [-0.2, 0) is 14.3 Å². The highest BCUT2D eigenvalue weighted by Gasteiger charge is 2.47. The Hall–Kier alpha value is -2.63. The Kier molecular flexibility index (Phi) is 6.41. The SMILES string of the molecule is CCCC(=Nc1ccc(OC)cc1)C1=C(O)[C@@H](C(=O)OC)C(C)(C)CC1=O. The topological polar surface area (TPSA) is 85.2 Å². The Bertz CT molecular complexity index is 774. The number of aliphatic hydroxyl groups excluding tert-OH is 1. The van der Waals surface area contributed by atoms with Gasteiger partial charge in [0.2, 0.25) is 0 Å². The molecule has 1 N–H and O–H groups in total. The first kappa shape index (κ1) is 20.7. The molecular formula is C21H27NO5. The number of carbonyl (C=O) groups is 2. The number of ether oxygens (including phenoxy) is 2. The van der Waals surface area contributed by atoms with Crippen molar-refractivity contribution in [2.24, 2.45) is 16.3 Å². The summed E-state index contributed by atoms with van der Waals surface area (Å²) in [6.45, 7) is 5.52. The van der Waals surface area contributed by atoms with Crippen LogP contribution in [0.25, 0.3) is 0 Å². The molecule has 2 rings (SSSR count). The summed E-state index contributed by atoms with van der Waals surface area (Å²) in [5.74, 6) is -1.20. The summed E-state index contributed by atoms with van der Waals surface area (Å²) >= 11 is 0. The molecule has 1 aromatic carbocycles. The average molecular weight is 373 g/mol. The first-order valence-corrected chi connectivity index (χ1v) is 9.01. The lowest BCUT2D eigenvalue weighted by Crippen LogP contribution is -2.41. The quantitative estimate of drug-likeness (QED) is 0.597. The van der Waals surface area contributed by atoms with Crippen molar-refractivity contribution in [3.8, 4) is 5.75 Å². The van der Waals surface area contributed by atoms with E-state index in [1.54, 1.807) is 45.2 Å². The summed E-state index contributed by atoms with van der Waals surface area (Å²) in [7, 11) is 2.86. The number of aliphatic imine (C=N–C) groups is 1. The fourth-order valence-corrected chi connectivity index (χ4v) is 3.41. The van der Waals surface area contributed by atoms with E-state index in [0.717, 1.165) is 6.42 Å². The molecule has 0 fully saturated rings. The third-order valence-electron chi connectivity index (χ3n) is 4.75. The van der Waals surface area contributed by atoms with Gasteiger partial charge in [-0.15, -0.1) is 0 Å². The molecule has 0 amide bonds. The molecular weight excluding hydrogens is 346 g/mol. The number of benzene rings is 1. The maximum Gasteiger partial charge on any atom is 0.316 e. The Balaban J connectivity index is 2.57. The normalized spacial score (nSPS) is 19.8. The number of allylic oxidation sites excluding steroid dienone is 1. The molecule has 0 saturated carbocycles. The van der Waals surface area contributed by atoms with Crippen LogP contribution in [0.4, 0.5) is 5.69 Å². The number of nitrogens with zero attached hydrogens (tertiary/aromatic N) is 1. The summed E-state index contributed by atoms with van der Waals surface area (Å²) in [6, 6.07) is 7.11. The number of hydrogen-bond acceptors (Lipinski definition) is 6. The van der Waals surface area contributed by atoms with E-state index < -0.39 is 17.3 Å².